The molecule has 0 atom stereocenters. The van der Waals surface area contributed by atoms with E-state index in [9.17, 15) is 9.59 Å². The van der Waals surface area contributed by atoms with E-state index >= 15 is 0 Å². The predicted octanol–water partition coefficient (Wildman–Crippen LogP) is 1.57. The summed E-state index contributed by atoms with van der Waals surface area (Å²) in [6.45, 7) is 1.25. The van der Waals surface area contributed by atoms with Gasteiger partial charge in [-0.1, -0.05) is 36.4 Å². The van der Waals surface area contributed by atoms with Gasteiger partial charge in [0.1, 0.15) is 0 Å². The van der Waals surface area contributed by atoms with Crippen molar-refractivity contribution in [3.05, 3.63) is 0 Å². The molecule has 2 fully saturated rings. The lowest BCUT2D eigenvalue weighted by atomic mass is 10.2. The summed E-state index contributed by atoms with van der Waals surface area (Å²) >= 11 is 2.58. The fourth-order valence-corrected chi connectivity index (χ4v) is 3.67. The van der Waals surface area contributed by atoms with Crippen LogP contribution in [0.4, 0.5) is 0 Å². The second-order valence-corrected chi connectivity index (χ2v) is 6.62. The number of nitrogens with zero attached hydrogens (tertiary/aromatic N) is 2. The van der Waals surface area contributed by atoms with E-state index in [1.54, 1.807) is 9.80 Å². The van der Waals surface area contributed by atoms with E-state index in [2.05, 4.69) is 0 Å². The zero-order chi connectivity index (χ0) is 14.5. The van der Waals surface area contributed by atoms with Crippen molar-refractivity contribution in [3.8, 4) is 0 Å². The maximum Gasteiger partial charge on any atom is 0.239 e. The third-order valence-corrected chi connectivity index (χ3v) is 5.04. The van der Waals surface area contributed by atoms with Gasteiger partial charge in [-0.15, -0.1) is 0 Å². The molecule has 8 heteroatoms. The van der Waals surface area contributed by atoms with Crippen molar-refractivity contribution in [2.75, 3.05) is 24.6 Å². The number of carbonyl (C=O) groups is 2. The highest BCUT2D eigenvalue weighted by Crippen LogP contribution is 2.20. The minimum Gasteiger partial charge on any atom is -0.291 e. The first-order valence-corrected chi connectivity index (χ1v) is 8.60. The Bertz CT molecular complexity index is 369. The van der Waals surface area contributed by atoms with E-state index in [1.165, 1.54) is 23.5 Å². The molecule has 110 valence electrons. The number of amides is 2. The molecule has 0 unspecified atom stereocenters. The van der Waals surface area contributed by atoms with Crippen LogP contribution in [0, 0.1) is 10.8 Å². The molecule has 0 saturated carbocycles. The van der Waals surface area contributed by atoms with Gasteiger partial charge in [0.25, 0.3) is 0 Å². The highest BCUT2D eigenvalue weighted by atomic mass is 32.2. The van der Waals surface area contributed by atoms with Crippen LogP contribution in [-0.4, -0.2) is 56.5 Å². The lowest BCUT2D eigenvalue weighted by Crippen LogP contribution is -2.30. The first-order chi connectivity index (χ1) is 9.59. The highest BCUT2D eigenvalue weighted by Gasteiger charge is 2.27. The third-order valence-electron chi connectivity index (χ3n) is 3.27. The number of nitrogens with one attached hydrogen (secondary N) is 2. The molecule has 0 radical (unpaired) electrons. The molecule has 0 bridgehead atoms. The molecule has 0 aromatic carbocycles. The lowest BCUT2D eigenvalue weighted by Gasteiger charge is -2.15. The number of hydrogen-bond acceptors (Lipinski definition) is 6. The van der Waals surface area contributed by atoms with Gasteiger partial charge in [0.2, 0.25) is 11.8 Å². The molecular weight excluding hydrogens is 296 g/mol. The van der Waals surface area contributed by atoms with Crippen molar-refractivity contribution in [3.63, 3.8) is 0 Å². The Morgan fingerprint density at radius 1 is 0.800 bits per heavy atom. The van der Waals surface area contributed by atoms with Crippen LogP contribution in [0.1, 0.15) is 25.7 Å². The summed E-state index contributed by atoms with van der Waals surface area (Å²) in [6.07, 6.45) is 3.72. The number of thioether (sulfide) groups is 2. The summed E-state index contributed by atoms with van der Waals surface area (Å²) in [5, 5.41) is 15.9. The van der Waals surface area contributed by atoms with Crippen molar-refractivity contribution in [2.45, 2.75) is 25.7 Å². The Kier molecular flexibility index (Phi) is 5.47. The molecular formula is C12H18N4O2S2. The van der Waals surface area contributed by atoms with Gasteiger partial charge in [-0.05, 0) is 12.8 Å². The quantitative estimate of drug-likeness (QED) is 0.698. The zero-order valence-corrected chi connectivity index (χ0v) is 12.8. The van der Waals surface area contributed by atoms with Crippen LogP contribution in [0.25, 0.3) is 0 Å². The molecule has 2 saturated heterocycles. The fraction of sp³-hybridized carbons (Fsp3) is 0.667. The average Bonchev–Trinajstić information content (AvgIpc) is 2.90. The number of hydrogen-bond donors (Lipinski definition) is 2. The Balaban J connectivity index is 1.56. The van der Waals surface area contributed by atoms with Gasteiger partial charge in [-0.2, -0.15) is 0 Å². The number of amidine groups is 2. The van der Waals surface area contributed by atoms with Crippen molar-refractivity contribution in [2.24, 2.45) is 0 Å². The largest absolute Gasteiger partial charge is 0.291 e. The maximum absolute atomic E-state index is 11.4. The summed E-state index contributed by atoms with van der Waals surface area (Å²) in [7, 11) is 0. The minimum absolute atomic E-state index is 0.0353. The van der Waals surface area contributed by atoms with Crippen molar-refractivity contribution < 1.29 is 9.59 Å². The molecule has 20 heavy (non-hydrogen) atoms. The summed E-state index contributed by atoms with van der Waals surface area (Å²) < 4.78 is 0. The van der Waals surface area contributed by atoms with Crippen LogP contribution in [0.3, 0.4) is 0 Å². The molecule has 0 spiro atoms. The van der Waals surface area contributed by atoms with E-state index in [0.29, 0.717) is 34.9 Å². The van der Waals surface area contributed by atoms with Crippen molar-refractivity contribution in [1.29, 1.82) is 10.8 Å². The number of carbonyl (C=O) groups excluding carboxylic acids is 2. The zero-order valence-electron chi connectivity index (χ0n) is 11.2. The van der Waals surface area contributed by atoms with Gasteiger partial charge in [0.15, 0.2) is 10.3 Å². The molecule has 0 aromatic heterocycles. The van der Waals surface area contributed by atoms with Crippen molar-refractivity contribution >= 4 is 45.7 Å². The number of unbranched alkanes of at least 4 members (excludes halogenated alkanes) is 3. The molecule has 2 N–H and O–H groups in total. The third kappa shape index (κ3) is 3.76. The Morgan fingerprint density at radius 2 is 1.20 bits per heavy atom. The predicted molar refractivity (Wildman–Crippen MR) is 82.3 cm³/mol. The topological polar surface area (TPSA) is 88.3 Å². The van der Waals surface area contributed by atoms with Crippen molar-refractivity contribution in [1.82, 2.24) is 9.80 Å². The van der Waals surface area contributed by atoms with Gasteiger partial charge < -0.3 is 0 Å². The maximum atomic E-state index is 11.4. The van der Waals surface area contributed by atoms with Gasteiger partial charge in [0, 0.05) is 13.1 Å². The van der Waals surface area contributed by atoms with Gasteiger partial charge in [-0.3, -0.25) is 30.2 Å². The van der Waals surface area contributed by atoms with E-state index in [4.69, 9.17) is 10.8 Å². The van der Waals surface area contributed by atoms with Crippen LogP contribution in [-0.2, 0) is 9.59 Å². The van der Waals surface area contributed by atoms with Crippen LogP contribution in [0.5, 0.6) is 0 Å². The Morgan fingerprint density at radius 3 is 1.50 bits per heavy atom. The monoisotopic (exact) mass is 314 g/mol. The first-order valence-electron chi connectivity index (χ1n) is 6.63. The molecule has 2 aliphatic rings. The summed E-state index contributed by atoms with van der Waals surface area (Å²) in [5.41, 5.74) is 0. The second-order valence-electron chi connectivity index (χ2n) is 4.69. The average molecular weight is 314 g/mol. The second kappa shape index (κ2) is 7.12. The van der Waals surface area contributed by atoms with E-state index < -0.39 is 0 Å². The molecule has 2 amide bonds. The lowest BCUT2D eigenvalue weighted by molar-refractivity contribution is -0.125. The van der Waals surface area contributed by atoms with Crippen LogP contribution < -0.4 is 0 Å². The summed E-state index contributed by atoms with van der Waals surface area (Å²) in [4.78, 5) is 26.0. The Labute approximate surface area is 126 Å². The Hall–Kier alpha value is -1.02. The van der Waals surface area contributed by atoms with Gasteiger partial charge in [-0.25, -0.2) is 0 Å². The standard InChI is InChI=1S/C12H18N4O2S2/c13-11-15(9(17)7-19-11)5-3-1-2-4-6-16-10(18)8-20-12(16)14/h13-14H,1-8H2. The number of rotatable bonds is 7. The van der Waals surface area contributed by atoms with Crippen LogP contribution in [0.15, 0.2) is 0 Å². The molecule has 0 aromatic rings. The normalized spacial score (nSPS) is 19.6. The van der Waals surface area contributed by atoms with E-state index in [1.807, 2.05) is 0 Å². The van der Waals surface area contributed by atoms with Gasteiger partial charge in [0.05, 0.1) is 11.5 Å². The SMILES string of the molecule is N=C1SCC(=O)N1CCCCCCN1C(=N)SCC1=O. The van der Waals surface area contributed by atoms with Crippen LogP contribution in [0.2, 0.25) is 0 Å². The minimum atomic E-state index is 0.0353. The fourth-order valence-electron chi connectivity index (χ4n) is 2.14. The molecule has 0 aliphatic carbocycles. The summed E-state index contributed by atoms with van der Waals surface area (Å²) in [5.74, 6) is 0.868. The molecule has 2 rings (SSSR count). The smallest absolute Gasteiger partial charge is 0.239 e. The molecule has 6 nitrogen and oxygen atoms in total. The first kappa shape index (κ1) is 15.4. The van der Waals surface area contributed by atoms with E-state index in [-0.39, 0.29) is 11.8 Å². The molecule has 2 heterocycles. The highest BCUT2D eigenvalue weighted by molar-refractivity contribution is 8.15. The van der Waals surface area contributed by atoms with E-state index in [0.717, 1.165) is 25.7 Å². The summed E-state index contributed by atoms with van der Waals surface area (Å²) in [6, 6.07) is 0. The molecule has 2 aliphatic heterocycles. The van der Waals surface area contributed by atoms with Gasteiger partial charge >= 0.3 is 0 Å². The van der Waals surface area contributed by atoms with Crippen LogP contribution >= 0.6 is 23.5 Å².